The minimum Gasteiger partial charge on any atom is -0.395 e. The standard InChI is InChI=1S/C11H14BrN3OS2/c12-10-2-1-8(17-10)6-15(3-4-16)7-9-5-14-11(13)18-9/h1-2,5,16H,3-4,6-7H2,(H2,13,14). The SMILES string of the molecule is Nc1ncc(CN(CCO)Cc2ccc(Br)s2)s1. The molecule has 0 saturated heterocycles. The van der Waals surface area contributed by atoms with Gasteiger partial charge in [0.05, 0.1) is 10.4 Å². The molecular weight excluding hydrogens is 334 g/mol. The molecule has 0 radical (unpaired) electrons. The summed E-state index contributed by atoms with van der Waals surface area (Å²) in [4.78, 5) is 8.62. The van der Waals surface area contributed by atoms with E-state index in [2.05, 4.69) is 31.9 Å². The summed E-state index contributed by atoms with van der Waals surface area (Å²) in [6.07, 6.45) is 1.80. The predicted octanol–water partition coefficient (Wildman–Crippen LogP) is 2.54. The number of rotatable bonds is 6. The van der Waals surface area contributed by atoms with Gasteiger partial charge in [-0.3, -0.25) is 4.90 Å². The number of thiophene rings is 1. The molecule has 0 unspecified atom stereocenters. The molecule has 0 bridgehead atoms. The normalized spacial score (nSPS) is 11.3. The van der Waals surface area contributed by atoms with Crippen molar-refractivity contribution in [2.45, 2.75) is 13.1 Å². The van der Waals surface area contributed by atoms with Gasteiger partial charge in [0.2, 0.25) is 0 Å². The summed E-state index contributed by atoms with van der Waals surface area (Å²) >= 11 is 6.67. The lowest BCUT2D eigenvalue weighted by molar-refractivity contribution is 0.186. The van der Waals surface area contributed by atoms with E-state index in [9.17, 15) is 0 Å². The molecule has 98 valence electrons. The van der Waals surface area contributed by atoms with E-state index in [-0.39, 0.29) is 6.61 Å². The van der Waals surface area contributed by atoms with E-state index in [1.165, 1.54) is 16.2 Å². The maximum atomic E-state index is 9.12. The molecule has 0 aliphatic carbocycles. The smallest absolute Gasteiger partial charge is 0.180 e. The lowest BCUT2D eigenvalue weighted by atomic mass is 10.4. The van der Waals surface area contributed by atoms with Crippen LogP contribution in [0.1, 0.15) is 9.75 Å². The van der Waals surface area contributed by atoms with Crippen molar-refractivity contribution in [3.8, 4) is 0 Å². The number of aliphatic hydroxyl groups excluding tert-OH is 1. The molecule has 2 heterocycles. The first-order chi connectivity index (χ1) is 8.67. The fourth-order valence-electron chi connectivity index (χ4n) is 1.63. The third kappa shape index (κ3) is 4.03. The van der Waals surface area contributed by atoms with Crippen LogP contribution >= 0.6 is 38.6 Å². The van der Waals surface area contributed by atoms with Crippen LogP contribution < -0.4 is 5.73 Å². The molecule has 0 aromatic carbocycles. The summed E-state index contributed by atoms with van der Waals surface area (Å²) in [5.74, 6) is 0. The minimum absolute atomic E-state index is 0.154. The zero-order valence-corrected chi connectivity index (χ0v) is 12.9. The Morgan fingerprint density at radius 2 is 2.06 bits per heavy atom. The Kier molecular flexibility index (Phi) is 5.13. The number of hydrogen-bond acceptors (Lipinski definition) is 6. The fraction of sp³-hybridized carbons (Fsp3) is 0.364. The molecule has 0 aliphatic heterocycles. The van der Waals surface area contributed by atoms with Gasteiger partial charge >= 0.3 is 0 Å². The van der Waals surface area contributed by atoms with E-state index in [0.717, 1.165) is 21.8 Å². The third-order valence-electron chi connectivity index (χ3n) is 2.38. The lowest BCUT2D eigenvalue weighted by Crippen LogP contribution is -2.25. The number of nitrogen functional groups attached to an aromatic ring is 1. The highest BCUT2D eigenvalue weighted by atomic mass is 79.9. The van der Waals surface area contributed by atoms with Gasteiger partial charge in [0.25, 0.3) is 0 Å². The van der Waals surface area contributed by atoms with Crippen molar-refractivity contribution in [2.75, 3.05) is 18.9 Å². The first-order valence-electron chi connectivity index (χ1n) is 5.45. The fourth-order valence-corrected chi connectivity index (χ4v) is 3.88. The van der Waals surface area contributed by atoms with Crippen LogP contribution in [-0.2, 0) is 13.1 Å². The maximum absolute atomic E-state index is 9.12. The Balaban J connectivity index is 1.99. The van der Waals surface area contributed by atoms with Gasteiger partial charge in [-0.05, 0) is 28.1 Å². The molecule has 4 nitrogen and oxygen atoms in total. The zero-order valence-electron chi connectivity index (χ0n) is 9.67. The number of anilines is 1. The molecule has 0 spiro atoms. The van der Waals surface area contributed by atoms with Gasteiger partial charge in [0.1, 0.15) is 0 Å². The van der Waals surface area contributed by atoms with Crippen molar-refractivity contribution in [3.63, 3.8) is 0 Å². The van der Waals surface area contributed by atoms with Crippen LogP contribution in [0.4, 0.5) is 5.13 Å². The highest BCUT2D eigenvalue weighted by molar-refractivity contribution is 9.11. The summed E-state index contributed by atoms with van der Waals surface area (Å²) in [5, 5.41) is 9.71. The molecule has 0 fully saturated rings. The average Bonchev–Trinajstić information content (AvgIpc) is 2.89. The van der Waals surface area contributed by atoms with Gasteiger partial charge in [-0.2, -0.15) is 0 Å². The van der Waals surface area contributed by atoms with Crippen molar-refractivity contribution in [3.05, 3.63) is 31.9 Å². The Labute approximate surface area is 122 Å². The van der Waals surface area contributed by atoms with Crippen LogP contribution in [0, 0.1) is 0 Å². The van der Waals surface area contributed by atoms with Crippen molar-refractivity contribution < 1.29 is 5.11 Å². The van der Waals surface area contributed by atoms with E-state index < -0.39 is 0 Å². The molecule has 2 rings (SSSR count). The third-order valence-corrected chi connectivity index (χ3v) is 4.80. The highest BCUT2D eigenvalue weighted by Crippen LogP contribution is 2.24. The zero-order chi connectivity index (χ0) is 13.0. The maximum Gasteiger partial charge on any atom is 0.180 e. The number of halogens is 1. The molecule has 3 N–H and O–H groups in total. The number of hydrogen-bond donors (Lipinski definition) is 2. The Morgan fingerprint density at radius 3 is 2.61 bits per heavy atom. The van der Waals surface area contributed by atoms with Crippen LogP contribution in [0.5, 0.6) is 0 Å². The van der Waals surface area contributed by atoms with Crippen LogP contribution in [0.3, 0.4) is 0 Å². The van der Waals surface area contributed by atoms with E-state index in [0.29, 0.717) is 11.7 Å². The molecule has 0 saturated carbocycles. The summed E-state index contributed by atoms with van der Waals surface area (Å²) in [7, 11) is 0. The summed E-state index contributed by atoms with van der Waals surface area (Å²) in [6.45, 7) is 2.40. The average molecular weight is 348 g/mol. The van der Waals surface area contributed by atoms with Gasteiger partial charge < -0.3 is 10.8 Å². The molecular formula is C11H14BrN3OS2. The van der Waals surface area contributed by atoms with E-state index in [1.807, 2.05) is 6.07 Å². The lowest BCUT2D eigenvalue weighted by Gasteiger charge is -2.19. The van der Waals surface area contributed by atoms with Crippen LogP contribution in [0.25, 0.3) is 0 Å². The van der Waals surface area contributed by atoms with Crippen LogP contribution in [0.15, 0.2) is 22.1 Å². The molecule has 0 atom stereocenters. The van der Waals surface area contributed by atoms with Gasteiger partial charge in [-0.1, -0.05) is 0 Å². The summed E-state index contributed by atoms with van der Waals surface area (Å²) < 4.78 is 1.13. The number of thiazole rings is 1. The van der Waals surface area contributed by atoms with Gasteiger partial charge in [0.15, 0.2) is 5.13 Å². The van der Waals surface area contributed by atoms with Crippen molar-refractivity contribution >= 4 is 43.7 Å². The second-order valence-electron chi connectivity index (χ2n) is 3.80. The summed E-state index contributed by atoms with van der Waals surface area (Å²) in [5.41, 5.74) is 5.62. The second-order valence-corrected chi connectivity index (χ2v) is 7.50. The number of nitrogens with two attached hydrogens (primary N) is 1. The first kappa shape index (κ1) is 14.0. The molecule has 2 aromatic rings. The van der Waals surface area contributed by atoms with Gasteiger partial charge in [0, 0.05) is 35.6 Å². The van der Waals surface area contributed by atoms with Crippen molar-refractivity contribution in [1.29, 1.82) is 0 Å². The number of aliphatic hydroxyl groups is 1. The van der Waals surface area contributed by atoms with E-state index in [1.54, 1.807) is 17.5 Å². The monoisotopic (exact) mass is 347 g/mol. The highest BCUT2D eigenvalue weighted by Gasteiger charge is 2.10. The van der Waals surface area contributed by atoms with Crippen LogP contribution in [0.2, 0.25) is 0 Å². The Morgan fingerprint density at radius 1 is 1.28 bits per heavy atom. The quantitative estimate of drug-likeness (QED) is 0.842. The van der Waals surface area contributed by atoms with Crippen molar-refractivity contribution in [1.82, 2.24) is 9.88 Å². The Bertz CT molecular complexity index is 458. The number of aromatic nitrogens is 1. The van der Waals surface area contributed by atoms with Crippen LogP contribution in [-0.4, -0.2) is 28.1 Å². The van der Waals surface area contributed by atoms with E-state index >= 15 is 0 Å². The molecule has 7 heteroatoms. The largest absolute Gasteiger partial charge is 0.395 e. The molecule has 18 heavy (non-hydrogen) atoms. The molecule has 2 aromatic heterocycles. The first-order valence-corrected chi connectivity index (χ1v) is 7.87. The van der Waals surface area contributed by atoms with E-state index in [4.69, 9.17) is 10.8 Å². The van der Waals surface area contributed by atoms with Gasteiger partial charge in [-0.25, -0.2) is 4.98 Å². The van der Waals surface area contributed by atoms with Crippen molar-refractivity contribution in [2.24, 2.45) is 0 Å². The van der Waals surface area contributed by atoms with Gasteiger partial charge in [-0.15, -0.1) is 22.7 Å². The molecule has 0 amide bonds. The topological polar surface area (TPSA) is 62.4 Å². The number of nitrogens with zero attached hydrogens (tertiary/aromatic N) is 2. The minimum atomic E-state index is 0.154. The Hall–Kier alpha value is -0.470. The summed E-state index contributed by atoms with van der Waals surface area (Å²) in [6, 6.07) is 4.14. The molecule has 0 aliphatic rings. The second kappa shape index (κ2) is 6.63. The predicted molar refractivity (Wildman–Crippen MR) is 79.7 cm³/mol.